The van der Waals surface area contributed by atoms with E-state index in [4.69, 9.17) is 11.6 Å². The average Bonchev–Trinajstić information content (AvgIpc) is 2.95. The minimum absolute atomic E-state index is 0.0476. The zero-order chi connectivity index (χ0) is 21.0. The van der Waals surface area contributed by atoms with Crippen LogP contribution in [0.3, 0.4) is 0 Å². The number of thiophene rings is 1. The Balaban J connectivity index is 1.57. The van der Waals surface area contributed by atoms with Gasteiger partial charge in [0.1, 0.15) is 4.88 Å². The number of nitrogens with zero attached hydrogens (tertiary/aromatic N) is 2. The van der Waals surface area contributed by atoms with Crippen LogP contribution < -0.4 is 5.32 Å². The van der Waals surface area contributed by atoms with Crippen molar-refractivity contribution in [3.8, 4) is 0 Å². The minimum atomic E-state index is -4.55. The molecule has 10 heteroatoms. The molecule has 1 aromatic heterocycles. The Morgan fingerprint density at radius 2 is 1.86 bits per heavy atom. The third-order valence-corrected chi connectivity index (χ3v) is 5.89. The third-order valence-electron chi connectivity index (χ3n) is 4.56. The van der Waals surface area contributed by atoms with E-state index in [9.17, 15) is 22.8 Å². The molecule has 0 spiro atoms. The summed E-state index contributed by atoms with van der Waals surface area (Å²) in [4.78, 5) is 28.9. The second-order valence-electron chi connectivity index (χ2n) is 6.61. The van der Waals surface area contributed by atoms with E-state index in [1.54, 1.807) is 16.3 Å². The average molecular weight is 446 g/mol. The number of nitrogens with one attached hydrogen (secondary N) is 1. The van der Waals surface area contributed by atoms with E-state index in [-0.39, 0.29) is 18.1 Å². The maximum absolute atomic E-state index is 13.1. The van der Waals surface area contributed by atoms with Crippen molar-refractivity contribution in [2.24, 2.45) is 0 Å². The van der Waals surface area contributed by atoms with Gasteiger partial charge in [-0.15, -0.1) is 11.3 Å². The highest BCUT2D eigenvalue weighted by atomic mass is 35.5. The lowest BCUT2D eigenvalue weighted by atomic mass is 10.1. The second-order valence-corrected chi connectivity index (χ2v) is 7.93. The molecule has 1 N–H and O–H groups in total. The lowest BCUT2D eigenvalue weighted by molar-refractivity contribution is -0.137. The highest BCUT2D eigenvalue weighted by Crippen LogP contribution is 2.34. The Labute approximate surface area is 175 Å². The van der Waals surface area contributed by atoms with Gasteiger partial charge in [0.15, 0.2) is 0 Å². The van der Waals surface area contributed by atoms with Crippen LogP contribution in [-0.4, -0.2) is 54.3 Å². The van der Waals surface area contributed by atoms with E-state index >= 15 is 0 Å². The molecule has 1 aromatic carbocycles. The van der Waals surface area contributed by atoms with Crippen LogP contribution >= 0.6 is 22.9 Å². The van der Waals surface area contributed by atoms with E-state index in [2.05, 4.69) is 5.32 Å². The number of halogens is 4. The van der Waals surface area contributed by atoms with Gasteiger partial charge in [0, 0.05) is 26.2 Å². The van der Waals surface area contributed by atoms with Crippen LogP contribution in [-0.2, 0) is 11.0 Å². The lowest BCUT2D eigenvalue weighted by Crippen LogP contribution is -2.38. The van der Waals surface area contributed by atoms with Crippen LogP contribution in [0.15, 0.2) is 35.7 Å². The number of carbonyl (C=O) groups excluding carboxylic acids is 2. The van der Waals surface area contributed by atoms with Gasteiger partial charge in [0.05, 0.1) is 22.8 Å². The third kappa shape index (κ3) is 5.49. The van der Waals surface area contributed by atoms with Crippen molar-refractivity contribution in [3.05, 3.63) is 51.2 Å². The Kier molecular flexibility index (Phi) is 6.81. The number of amides is 2. The van der Waals surface area contributed by atoms with Gasteiger partial charge in [-0.3, -0.25) is 14.5 Å². The fourth-order valence-electron chi connectivity index (χ4n) is 3.15. The van der Waals surface area contributed by atoms with Crippen LogP contribution in [0.1, 0.15) is 21.7 Å². The Bertz CT molecular complexity index is 888. The molecular formula is C19H19ClF3N3O2S. The topological polar surface area (TPSA) is 52.7 Å². The van der Waals surface area contributed by atoms with Crippen molar-refractivity contribution in [2.45, 2.75) is 12.6 Å². The molecule has 3 rings (SSSR count). The number of hydrogen-bond acceptors (Lipinski definition) is 4. The number of alkyl halides is 3. The summed E-state index contributed by atoms with van der Waals surface area (Å²) in [6.45, 7) is 1.91. The molecule has 0 unspecified atom stereocenters. The van der Waals surface area contributed by atoms with Gasteiger partial charge < -0.3 is 10.2 Å². The molecule has 29 heavy (non-hydrogen) atoms. The van der Waals surface area contributed by atoms with E-state index in [0.717, 1.165) is 6.07 Å². The number of anilines is 1. The zero-order valence-electron chi connectivity index (χ0n) is 15.3. The Morgan fingerprint density at radius 3 is 2.55 bits per heavy atom. The van der Waals surface area contributed by atoms with Crippen molar-refractivity contribution in [1.82, 2.24) is 9.80 Å². The van der Waals surface area contributed by atoms with Crippen LogP contribution in [0.2, 0.25) is 5.02 Å². The Morgan fingerprint density at radius 1 is 1.10 bits per heavy atom. The van der Waals surface area contributed by atoms with Crippen LogP contribution in [0, 0.1) is 0 Å². The predicted octanol–water partition coefficient (Wildman–Crippen LogP) is 4.21. The summed E-state index contributed by atoms with van der Waals surface area (Å²) in [5.74, 6) is -0.668. The summed E-state index contributed by atoms with van der Waals surface area (Å²) in [6.07, 6.45) is -3.89. The fourth-order valence-corrected chi connectivity index (χ4v) is 4.26. The molecule has 0 bridgehead atoms. The van der Waals surface area contributed by atoms with Crippen molar-refractivity contribution < 1.29 is 22.8 Å². The van der Waals surface area contributed by atoms with Gasteiger partial charge in [0.2, 0.25) is 5.91 Å². The molecule has 2 heterocycles. The minimum Gasteiger partial charge on any atom is -0.337 e. The number of rotatable bonds is 4. The highest BCUT2D eigenvalue weighted by molar-refractivity contribution is 7.12. The summed E-state index contributed by atoms with van der Waals surface area (Å²) in [7, 11) is 0. The summed E-state index contributed by atoms with van der Waals surface area (Å²) in [5.41, 5.74) is -1.14. The largest absolute Gasteiger partial charge is 0.418 e. The standard InChI is InChI=1S/C19H19ClF3N3O2S/c20-14-6-11-29-17(14)18(28)26-8-3-7-25(9-10-26)12-16(27)24-15-5-2-1-4-13(15)19(21,22)23/h1-2,4-6,11H,3,7-10,12H2,(H,24,27). The number of para-hydroxylation sites is 1. The maximum Gasteiger partial charge on any atom is 0.418 e. The molecule has 0 atom stereocenters. The molecule has 0 saturated carbocycles. The quantitative estimate of drug-likeness (QED) is 0.767. The second kappa shape index (κ2) is 9.15. The van der Waals surface area contributed by atoms with E-state index in [0.29, 0.717) is 42.5 Å². The molecule has 2 amide bonds. The number of benzene rings is 1. The lowest BCUT2D eigenvalue weighted by Gasteiger charge is -2.22. The van der Waals surface area contributed by atoms with Crippen LogP contribution in [0.5, 0.6) is 0 Å². The molecule has 5 nitrogen and oxygen atoms in total. The van der Waals surface area contributed by atoms with Gasteiger partial charge in [-0.1, -0.05) is 23.7 Å². The SMILES string of the molecule is O=C(CN1CCCN(C(=O)c2sccc2Cl)CC1)Nc1ccccc1C(F)(F)F. The molecule has 156 valence electrons. The van der Waals surface area contributed by atoms with Crippen molar-refractivity contribution in [3.63, 3.8) is 0 Å². The molecule has 1 aliphatic heterocycles. The van der Waals surface area contributed by atoms with E-state index in [1.165, 1.54) is 29.5 Å². The zero-order valence-corrected chi connectivity index (χ0v) is 16.9. The first kappa shape index (κ1) is 21.6. The number of carbonyl (C=O) groups is 2. The summed E-state index contributed by atoms with van der Waals surface area (Å²) >= 11 is 7.31. The molecule has 1 saturated heterocycles. The molecule has 0 aliphatic carbocycles. The fraction of sp³-hybridized carbons (Fsp3) is 0.368. The normalized spacial score (nSPS) is 15.8. The van der Waals surface area contributed by atoms with E-state index < -0.39 is 17.6 Å². The highest BCUT2D eigenvalue weighted by Gasteiger charge is 2.33. The van der Waals surface area contributed by atoms with Crippen LogP contribution in [0.25, 0.3) is 0 Å². The smallest absolute Gasteiger partial charge is 0.337 e. The van der Waals surface area contributed by atoms with Gasteiger partial charge in [0.25, 0.3) is 5.91 Å². The van der Waals surface area contributed by atoms with Crippen LogP contribution in [0.4, 0.5) is 18.9 Å². The van der Waals surface area contributed by atoms with Crippen molar-refractivity contribution in [2.75, 3.05) is 38.0 Å². The molecule has 0 radical (unpaired) electrons. The molecule has 1 fully saturated rings. The summed E-state index contributed by atoms with van der Waals surface area (Å²) in [5, 5.41) is 4.52. The van der Waals surface area contributed by atoms with Gasteiger partial charge in [-0.05, 0) is 30.0 Å². The van der Waals surface area contributed by atoms with Gasteiger partial charge >= 0.3 is 6.18 Å². The van der Waals surface area contributed by atoms with Gasteiger partial charge in [-0.25, -0.2) is 0 Å². The van der Waals surface area contributed by atoms with Crippen molar-refractivity contribution in [1.29, 1.82) is 0 Å². The van der Waals surface area contributed by atoms with Gasteiger partial charge in [-0.2, -0.15) is 13.2 Å². The predicted molar refractivity (Wildman–Crippen MR) is 106 cm³/mol. The number of hydrogen-bond donors (Lipinski definition) is 1. The first-order valence-electron chi connectivity index (χ1n) is 8.96. The molecule has 2 aromatic rings. The summed E-state index contributed by atoms with van der Waals surface area (Å²) in [6, 6.07) is 6.55. The Hall–Kier alpha value is -2.10. The molecular weight excluding hydrogens is 427 g/mol. The first-order valence-corrected chi connectivity index (χ1v) is 10.2. The monoisotopic (exact) mass is 445 g/mol. The summed E-state index contributed by atoms with van der Waals surface area (Å²) < 4.78 is 39.2. The molecule has 1 aliphatic rings. The first-order chi connectivity index (χ1) is 13.8. The maximum atomic E-state index is 13.1. The van der Waals surface area contributed by atoms with E-state index in [1.807, 2.05) is 4.90 Å². The van der Waals surface area contributed by atoms with Crippen molar-refractivity contribution >= 4 is 40.4 Å².